The van der Waals surface area contributed by atoms with E-state index >= 15 is 0 Å². The van der Waals surface area contributed by atoms with Gasteiger partial charge in [-0.1, -0.05) is 41.5 Å². The Kier molecular flexibility index (Phi) is 6.25. The second kappa shape index (κ2) is 8.44. The van der Waals surface area contributed by atoms with Gasteiger partial charge < -0.3 is 10.2 Å². The Morgan fingerprint density at radius 3 is 2.13 bits per heavy atom. The summed E-state index contributed by atoms with van der Waals surface area (Å²) in [7, 11) is 0. The van der Waals surface area contributed by atoms with Gasteiger partial charge in [0.2, 0.25) is 11.8 Å². The molecule has 1 aliphatic rings. The first-order chi connectivity index (χ1) is 14.4. The number of carbonyl (C=O) groups excluding carboxylic acids is 2. The quantitative estimate of drug-likeness (QED) is 0.781. The Hall–Kier alpha value is -2.70. The summed E-state index contributed by atoms with van der Waals surface area (Å²) >= 11 is 0. The molecule has 0 unspecified atom stereocenters. The minimum Gasteiger partial charge on any atom is -0.342 e. The molecule has 0 bridgehead atoms. The molecule has 2 amide bonds. The molecule has 3 rings (SSSR count). The van der Waals surface area contributed by atoms with Crippen LogP contribution in [0.1, 0.15) is 60.1 Å². The van der Waals surface area contributed by atoms with Crippen LogP contribution in [0.5, 0.6) is 0 Å². The molecule has 7 heteroatoms. The number of carbonyl (C=O) groups is 2. The molecule has 0 saturated carbocycles. The van der Waals surface area contributed by atoms with Gasteiger partial charge in [0.05, 0.1) is 11.4 Å². The minimum atomic E-state index is -0.417. The highest BCUT2D eigenvalue weighted by Gasteiger charge is 2.33. The summed E-state index contributed by atoms with van der Waals surface area (Å²) in [5.74, 6) is 0.115. The first-order valence-corrected chi connectivity index (χ1v) is 10.8. The summed E-state index contributed by atoms with van der Waals surface area (Å²) in [4.78, 5) is 27.4. The van der Waals surface area contributed by atoms with E-state index in [1.807, 2.05) is 31.7 Å². The maximum Gasteiger partial charge on any atom is 0.228 e. The van der Waals surface area contributed by atoms with Gasteiger partial charge in [0, 0.05) is 35.9 Å². The third kappa shape index (κ3) is 5.32. The Labute approximate surface area is 183 Å². The van der Waals surface area contributed by atoms with Gasteiger partial charge in [0.1, 0.15) is 11.6 Å². The molecule has 1 fully saturated rings. The van der Waals surface area contributed by atoms with E-state index in [0.717, 1.165) is 5.69 Å². The van der Waals surface area contributed by atoms with Crippen molar-refractivity contribution in [3.63, 3.8) is 0 Å². The standard InChI is InChI=1S/C24H33FN4O2/c1-23(2,3)19-15-20(29(27-19)18-9-7-17(25)8-10-18)26-21(30)16-11-13-28(14-12-16)22(31)24(4,5)6/h7-10,15-16H,11-14H2,1-6H3,(H,26,30). The molecule has 0 atom stereocenters. The Morgan fingerprint density at radius 1 is 1.03 bits per heavy atom. The third-order valence-corrected chi connectivity index (χ3v) is 5.59. The van der Waals surface area contributed by atoms with E-state index in [9.17, 15) is 14.0 Å². The van der Waals surface area contributed by atoms with Crippen LogP contribution in [0.15, 0.2) is 30.3 Å². The van der Waals surface area contributed by atoms with Gasteiger partial charge in [-0.25, -0.2) is 9.07 Å². The van der Waals surface area contributed by atoms with Gasteiger partial charge in [0.15, 0.2) is 0 Å². The lowest BCUT2D eigenvalue weighted by atomic mass is 9.90. The third-order valence-electron chi connectivity index (χ3n) is 5.59. The minimum absolute atomic E-state index is 0.0772. The van der Waals surface area contributed by atoms with Crippen molar-refractivity contribution in [1.82, 2.24) is 14.7 Å². The van der Waals surface area contributed by atoms with Crippen LogP contribution in [0, 0.1) is 17.2 Å². The van der Waals surface area contributed by atoms with Crippen LogP contribution in [0.2, 0.25) is 0 Å². The number of rotatable bonds is 3. The zero-order valence-corrected chi connectivity index (χ0v) is 19.3. The Balaban J connectivity index is 1.76. The Bertz CT molecular complexity index is 943. The first-order valence-electron chi connectivity index (χ1n) is 10.8. The summed E-state index contributed by atoms with van der Waals surface area (Å²) < 4.78 is 15.0. The van der Waals surface area contributed by atoms with Crippen molar-refractivity contribution in [3.05, 3.63) is 41.8 Å². The summed E-state index contributed by atoms with van der Waals surface area (Å²) in [5.41, 5.74) is 0.888. The highest BCUT2D eigenvalue weighted by molar-refractivity contribution is 5.92. The number of halogens is 1. The van der Waals surface area contributed by atoms with Crippen LogP contribution in [0.25, 0.3) is 5.69 Å². The van der Waals surface area contributed by atoms with Crippen LogP contribution in [-0.2, 0) is 15.0 Å². The van der Waals surface area contributed by atoms with Crippen molar-refractivity contribution >= 4 is 17.6 Å². The molecule has 1 saturated heterocycles. The molecule has 31 heavy (non-hydrogen) atoms. The maximum absolute atomic E-state index is 13.4. The molecule has 0 aliphatic carbocycles. The van der Waals surface area contributed by atoms with Gasteiger partial charge in [-0.05, 0) is 37.1 Å². The number of amides is 2. The molecule has 168 valence electrons. The molecule has 1 aliphatic heterocycles. The van der Waals surface area contributed by atoms with E-state index in [2.05, 4.69) is 31.2 Å². The summed E-state index contributed by atoms with van der Waals surface area (Å²) in [6.07, 6.45) is 1.26. The summed E-state index contributed by atoms with van der Waals surface area (Å²) in [6.45, 7) is 13.1. The van der Waals surface area contributed by atoms with E-state index in [1.54, 1.807) is 16.8 Å². The predicted octanol–water partition coefficient (Wildman–Crippen LogP) is 4.53. The molecule has 2 aromatic rings. The zero-order chi connectivity index (χ0) is 23.0. The number of benzene rings is 1. The van der Waals surface area contributed by atoms with Crippen molar-refractivity contribution in [2.75, 3.05) is 18.4 Å². The van der Waals surface area contributed by atoms with Crippen LogP contribution >= 0.6 is 0 Å². The lowest BCUT2D eigenvalue weighted by Gasteiger charge is -2.35. The molecular weight excluding hydrogens is 395 g/mol. The zero-order valence-electron chi connectivity index (χ0n) is 19.3. The van der Waals surface area contributed by atoms with E-state index in [-0.39, 0.29) is 29.0 Å². The SMILES string of the molecule is CC(C)(C)C(=O)N1CCC(C(=O)Nc2cc(C(C)(C)C)nn2-c2ccc(F)cc2)CC1. The van der Waals surface area contributed by atoms with Gasteiger partial charge >= 0.3 is 0 Å². The number of nitrogens with one attached hydrogen (secondary N) is 1. The highest BCUT2D eigenvalue weighted by atomic mass is 19.1. The molecule has 6 nitrogen and oxygen atoms in total. The number of aromatic nitrogens is 2. The number of anilines is 1. The largest absolute Gasteiger partial charge is 0.342 e. The maximum atomic E-state index is 13.4. The first kappa shape index (κ1) is 23.0. The van der Waals surface area contributed by atoms with Crippen LogP contribution in [0.4, 0.5) is 10.2 Å². The van der Waals surface area contributed by atoms with E-state index in [1.165, 1.54) is 12.1 Å². The number of nitrogens with zero attached hydrogens (tertiary/aromatic N) is 3. The summed E-state index contributed by atoms with van der Waals surface area (Å²) in [6, 6.07) is 7.91. The fourth-order valence-corrected chi connectivity index (χ4v) is 3.66. The van der Waals surface area contributed by atoms with Gasteiger partial charge in [0.25, 0.3) is 0 Å². The highest BCUT2D eigenvalue weighted by Crippen LogP contribution is 2.28. The number of hydrogen-bond acceptors (Lipinski definition) is 3. The van der Waals surface area contributed by atoms with Crippen molar-refractivity contribution in [2.45, 2.75) is 59.8 Å². The van der Waals surface area contributed by atoms with Gasteiger partial charge in [-0.3, -0.25) is 9.59 Å². The molecule has 0 radical (unpaired) electrons. The van der Waals surface area contributed by atoms with E-state index in [4.69, 9.17) is 0 Å². The lowest BCUT2D eigenvalue weighted by Crippen LogP contribution is -2.45. The summed E-state index contributed by atoms with van der Waals surface area (Å²) in [5, 5.41) is 7.69. The predicted molar refractivity (Wildman–Crippen MR) is 120 cm³/mol. The second-order valence-electron chi connectivity index (χ2n) is 10.4. The number of piperidine rings is 1. The van der Waals surface area contributed by atoms with Crippen molar-refractivity contribution in [1.29, 1.82) is 0 Å². The normalized spacial score (nSPS) is 15.8. The smallest absolute Gasteiger partial charge is 0.228 e. The van der Waals surface area contributed by atoms with Crippen LogP contribution in [0.3, 0.4) is 0 Å². The van der Waals surface area contributed by atoms with Crippen molar-refractivity contribution in [2.24, 2.45) is 11.3 Å². The van der Waals surface area contributed by atoms with Crippen LogP contribution in [-0.4, -0.2) is 39.6 Å². The average Bonchev–Trinajstić information content (AvgIpc) is 3.11. The second-order valence-corrected chi connectivity index (χ2v) is 10.4. The number of hydrogen-bond donors (Lipinski definition) is 1. The number of likely N-dealkylation sites (tertiary alicyclic amines) is 1. The molecule has 1 N–H and O–H groups in total. The van der Waals surface area contributed by atoms with Gasteiger partial charge in [-0.2, -0.15) is 5.10 Å². The fraction of sp³-hybridized carbons (Fsp3) is 0.542. The van der Waals surface area contributed by atoms with Crippen LogP contribution < -0.4 is 5.32 Å². The van der Waals surface area contributed by atoms with Crippen molar-refractivity contribution < 1.29 is 14.0 Å². The molecular formula is C24H33FN4O2. The average molecular weight is 429 g/mol. The lowest BCUT2D eigenvalue weighted by molar-refractivity contribution is -0.142. The molecule has 0 spiro atoms. The topological polar surface area (TPSA) is 67.2 Å². The molecule has 1 aromatic heterocycles. The monoisotopic (exact) mass is 428 g/mol. The Morgan fingerprint density at radius 2 is 1.61 bits per heavy atom. The van der Waals surface area contributed by atoms with E-state index < -0.39 is 5.41 Å². The van der Waals surface area contributed by atoms with E-state index in [0.29, 0.717) is 37.4 Å². The van der Waals surface area contributed by atoms with Gasteiger partial charge in [-0.15, -0.1) is 0 Å². The van der Waals surface area contributed by atoms with Crippen molar-refractivity contribution in [3.8, 4) is 5.69 Å². The fourth-order valence-electron chi connectivity index (χ4n) is 3.66. The molecule has 2 heterocycles. The molecule has 1 aromatic carbocycles.